The molecule has 4 N–H and O–H groups in total. The number of aromatic hydroxyl groups is 1. The standard InChI is InChI=1S/C19H26FN5O7S/c1-19(2,3)32-18(29)24-6-4-11(5-7-24)21-17(28)22-12-8-13(20)16(14(26)9-12)25-10-15(27)23-33(25,30)31/h8-9,11,26H,4-7,10H2,1-3H3,(H,23,27)(H2,21,22,28). The van der Waals surface area contributed by atoms with E-state index in [1.165, 1.54) is 0 Å². The number of rotatable bonds is 3. The second-order valence-electron chi connectivity index (χ2n) is 8.70. The zero-order valence-corrected chi connectivity index (χ0v) is 19.2. The number of hydrogen-bond donors (Lipinski definition) is 4. The molecule has 4 amide bonds. The molecular formula is C19H26FN5O7S. The first-order chi connectivity index (χ1) is 15.2. The molecule has 1 aromatic rings. The Balaban J connectivity index is 1.57. The molecule has 12 nitrogen and oxygen atoms in total. The lowest BCUT2D eigenvalue weighted by Gasteiger charge is -2.33. The van der Waals surface area contributed by atoms with E-state index in [1.807, 2.05) is 0 Å². The van der Waals surface area contributed by atoms with Gasteiger partial charge >= 0.3 is 22.3 Å². The van der Waals surface area contributed by atoms with Gasteiger partial charge in [0.05, 0.1) is 0 Å². The first-order valence-electron chi connectivity index (χ1n) is 10.2. The largest absolute Gasteiger partial charge is 0.506 e. The van der Waals surface area contributed by atoms with E-state index in [9.17, 15) is 32.3 Å². The maximum atomic E-state index is 14.6. The number of ether oxygens (including phenoxy) is 1. The van der Waals surface area contributed by atoms with Crippen molar-refractivity contribution in [3.63, 3.8) is 0 Å². The highest BCUT2D eigenvalue weighted by atomic mass is 32.2. The number of carbonyl (C=O) groups excluding carboxylic acids is 3. The fourth-order valence-corrected chi connectivity index (χ4v) is 4.61. The Labute approximate surface area is 190 Å². The van der Waals surface area contributed by atoms with E-state index < -0.39 is 57.6 Å². The lowest BCUT2D eigenvalue weighted by atomic mass is 10.1. The van der Waals surface area contributed by atoms with Crippen LogP contribution in [0, 0.1) is 5.82 Å². The first kappa shape index (κ1) is 24.4. The summed E-state index contributed by atoms with van der Waals surface area (Å²) < 4.78 is 45.8. The van der Waals surface area contributed by atoms with Crippen molar-refractivity contribution in [1.29, 1.82) is 0 Å². The van der Waals surface area contributed by atoms with E-state index >= 15 is 0 Å². The van der Waals surface area contributed by atoms with Gasteiger partial charge in [-0.3, -0.25) is 4.79 Å². The van der Waals surface area contributed by atoms with Crippen LogP contribution < -0.4 is 19.7 Å². The number of anilines is 2. The van der Waals surface area contributed by atoms with Crippen LogP contribution in [-0.2, 0) is 19.7 Å². The van der Waals surface area contributed by atoms with Gasteiger partial charge in [0, 0.05) is 30.9 Å². The molecular weight excluding hydrogens is 461 g/mol. The molecule has 0 spiro atoms. The maximum absolute atomic E-state index is 14.6. The van der Waals surface area contributed by atoms with Crippen molar-refractivity contribution in [1.82, 2.24) is 14.9 Å². The predicted octanol–water partition coefficient (Wildman–Crippen LogP) is 1.23. The molecule has 0 unspecified atom stereocenters. The van der Waals surface area contributed by atoms with Crippen LogP contribution in [0.1, 0.15) is 33.6 Å². The van der Waals surface area contributed by atoms with Gasteiger partial charge < -0.3 is 25.4 Å². The van der Waals surface area contributed by atoms with Crippen molar-refractivity contribution in [3.8, 4) is 5.75 Å². The molecule has 0 radical (unpaired) electrons. The van der Waals surface area contributed by atoms with Crippen molar-refractivity contribution in [2.75, 3.05) is 29.3 Å². The van der Waals surface area contributed by atoms with Gasteiger partial charge in [0.1, 0.15) is 23.6 Å². The highest BCUT2D eigenvalue weighted by Crippen LogP contribution is 2.36. The monoisotopic (exact) mass is 487 g/mol. The van der Waals surface area contributed by atoms with Gasteiger partial charge in [-0.1, -0.05) is 0 Å². The third-order valence-electron chi connectivity index (χ3n) is 4.85. The summed E-state index contributed by atoms with van der Waals surface area (Å²) in [6, 6.07) is 0.899. The van der Waals surface area contributed by atoms with Gasteiger partial charge in [-0.15, -0.1) is 0 Å². The molecule has 0 saturated carbocycles. The van der Waals surface area contributed by atoms with Gasteiger partial charge in [-0.2, -0.15) is 8.42 Å². The number of nitrogens with one attached hydrogen (secondary N) is 3. The number of amides is 4. The van der Waals surface area contributed by atoms with E-state index in [0.29, 0.717) is 30.2 Å². The van der Waals surface area contributed by atoms with Crippen molar-refractivity contribution in [2.45, 2.75) is 45.3 Å². The van der Waals surface area contributed by atoms with Gasteiger partial charge in [-0.05, 0) is 39.7 Å². The van der Waals surface area contributed by atoms with Crippen LogP contribution in [0.25, 0.3) is 0 Å². The highest BCUT2D eigenvalue weighted by molar-refractivity contribution is 7.92. The van der Waals surface area contributed by atoms with Crippen LogP contribution in [-0.4, -0.2) is 67.7 Å². The minimum Gasteiger partial charge on any atom is -0.506 e. The number of likely N-dealkylation sites (tertiary alicyclic amines) is 1. The molecule has 0 atom stereocenters. The molecule has 2 aliphatic rings. The molecule has 2 fully saturated rings. The Morgan fingerprint density at radius 3 is 2.39 bits per heavy atom. The van der Waals surface area contributed by atoms with Gasteiger partial charge in [0.15, 0.2) is 5.82 Å². The summed E-state index contributed by atoms with van der Waals surface area (Å²) in [5, 5.41) is 15.2. The number of piperidine rings is 1. The number of carbonyl (C=O) groups is 3. The third-order valence-corrected chi connectivity index (χ3v) is 6.23. The van der Waals surface area contributed by atoms with Gasteiger partial charge in [0.2, 0.25) is 0 Å². The smallest absolute Gasteiger partial charge is 0.410 e. The zero-order chi connectivity index (χ0) is 24.6. The molecule has 2 aliphatic heterocycles. The molecule has 2 saturated heterocycles. The average Bonchev–Trinajstić information content (AvgIpc) is 2.92. The predicted molar refractivity (Wildman–Crippen MR) is 115 cm³/mol. The zero-order valence-electron chi connectivity index (χ0n) is 18.3. The summed E-state index contributed by atoms with van der Waals surface area (Å²) in [7, 11) is -4.31. The number of urea groups is 1. The number of nitrogens with zero attached hydrogens (tertiary/aromatic N) is 2. The Morgan fingerprint density at radius 2 is 1.88 bits per heavy atom. The summed E-state index contributed by atoms with van der Waals surface area (Å²) in [5.41, 5.74) is -1.42. The second kappa shape index (κ2) is 8.92. The van der Waals surface area contributed by atoms with E-state index in [0.717, 1.165) is 12.1 Å². The van der Waals surface area contributed by atoms with Crippen molar-refractivity contribution in [3.05, 3.63) is 17.9 Å². The number of phenolic OH excluding ortho intramolecular Hbond substituents is 1. The van der Waals surface area contributed by atoms with Crippen molar-refractivity contribution in [2.24, 2.45) is 0 Å². The van der Waals surface area contributed by atoms with E-state index in [2.05, 4.69) is 10.6 Å². The van der Waals surface area contributed by atoms with Crippen molar-refractivity contribution < 1.29 is 37.0 Å². The lowest BCUT2D eigenvalue weighted by Crippen LogP contribution is -2.48. The fourth-order valence-electron chi connectivity index (χ4n) is 3.43. The second-order valence-corrected chi connectivity index (χ2v) is 10.3. The number of hydrogen-bond acceptors (Lipinski definition) is 7. The average molecular weight is 488 g/mol. The van der Waals surface area contributed by atoms with Crippen LogP contribution in [0.5, 0.6) is 5.75 Å². The van der Waals surface area contributed by atoms with E-state index in [4.69, 9.17) is 4.74 Å². The molecule has 2 heterocycles. The van der Waals surface area contributed by atoms with Crippen LogP contribution in [0.15, 0.2) is 12.1 Å². The normalized spacial score (nSPS) is 18.6. The SMILES string of the molecule is CC(C)(C)OC(=O)N1CCC(NC(=O)Nc2cc(O)c(N3CC(=O)NS3(=O)=O)c(F)c2)CC1. The molecule has 14 heteroatoms. The number of halogens is 1. The Kier molecular flexibility index (Phi) is 6.58. The molecule has 3 rings (SSSR count). The van der Waals surface area contributed by atoms with Crippen molar-refractivity contribution >= 4 is 39.6 Å². The number of benzene rings is 1. The molecule has 0 aromatic heterocycles. The topological polar surface area (TPSA) is 157 Å². The molecule has 0 aliphatic carbocycles. The molecule has 182 valence electrons. The third kappa shape index (κ3) is 5.94. The Bertz CT molecular complexity index is 1040. The van der Waals surface area contributed by atoms with Crippen LogP contribution >= 0.6 is 0 Å². The summed E-state index contributed by atoms with van der Waals surface area (Å²) in [5.74, 6) is -2.78. The lowest BCUT2D eigenvalue weighted by molar-refractivity contribution is -0.117. The molecule has 33 heavy (non-hydrogen) atoms. The van der Waals surface area contributed by atoms with Gasteiger partial charge in [-0.25, -0.2) is 23.0 Å². The summed E-state index contributed by atoms with van der Waals surface area (Å²) in [4.78, 5) is 37.3. The van der Waals surface area contributed by atoms with E-state index in [1.54, 1.807) is 30.4 Å². The summed E-state index contributed by atoms with van der Waals surface area (Å²) in [6.45, 7) is 5.43. The maximum Gasteiger partial charge on any atom is 0.410 e. The van der Waals surface area contributed by atoms with E-state index in [-0.39, 0.29) is 11.7 Å². The Hall–Kier alpha value is -3.29. The first-order valence-corrected chi connectivity index (χ1v) is 11.6. The number of phenols is 1. The summed E-state index contributed by atoms with van der Waals surface area (Å²) in [6.07, 6.45) is 0.548. The van der Waals surface area contributed by atoms with Crippen LogP contribution in [0.4, 0.5) is 25.4 Å². The van der Waals surface area contributed by atoms with Gasteiger partial charge in [0.25, 0.3) is 5.91 Å². The highest BCUT2D eigenvalue weighted by Gasteiger charge is 2.37. The summed E-state index contributed by atoms with van der Waals surface area (Å²) >= 11 is 0. The quantitative estimate of drug-likeness (QED) is 0.499. The Morgan fingerprint density at radius 1 is 1.24 bits per heavy atom. The fraction of sp³-hybridized carbons (Fsp3) is 0.526. The molecule has 1 aromatic carbocycles. The van der Waals surface area contributed by atoms with Crippen LogP contribution in [0.3, 0.4) is 0 Å². The van der Waals surface area contributed by atoms with Crippen LogP contribution in [0.2, 0.25) is 0 Å². The minimum atomic E-state index is -4.31. The minimum absolute atomic E-state index is 0.117. The molecule has 0 bridgehead atoms.